The molecule has 0 bridgehead atoms. The fourth-order valence-corrected chi connectivity index (χ4v) is 3.10. The van der Waals surface area contributed by atoms with E-state index in [1.165, 1.54) is 24.6 Å². The average molecular weight is 303 g/mol. The minimum Gasteiger partial charge on any atom is -0.481 e. The molecule has 1 saturated carbocycles. The summed E-state index contributed by atoms with van der Waals surface area (Å²) in [6, 6.07) is 9.88. The number of rotatable bonds is 6. The minimum atomic E-state index is -0.848. The van der Waals surface area contributed by atoms with Crippen molar-refractivity contribution in [3.63, 3.8) is 0 Å². The Morgan fingerprint density at radius 2 is 2.10 bits per heavy atom. The van der Waals surface area contributed by atoms with E-state index in [4.69, 9.17) is 5.11 Å². The van der Waals surface area contributed by atoms with E-state index in [-0.39, 0.29) is 5.75 Å². The molecule has 0 amide bonds. The highest BCUT2D eigenvalue weighted by atomic mass is 32.2. The zero-order valence-electron chi connectivity index (χ0n) is 11.8. The zero-order valence-corrected chi connectivity index (χ0v) is 12.6. The first kappa shape index (κ1) is 14.1. The highest BCUT2D eigenvalue weighted by molar-refractivity contribution is 7.99. The molecule has 1 atom stereocenters. The number of para-hydroxylation sites is 1. The Hall–Kier alpha value is -1.82. The number of carboxylic acids is 1. The molecule has 1 aromatic heterocycles. The summed E-state index contributed by atoms with van der Waals surface area (Å²) in [5, 5.41) is 18.1. The molecule has 5 nitrogen and oxygen atoms in total. The Kier molecular flexibility index (Phi) is 3.96. The van der Waals surface area contributed by atoms with Gasteiger partial charge < -0.3 is 5.11 Å². The average Bonchev–Trinajstić information content (AvgIpc) is 3.25. The van der Waals surface area contributed by atoms with Crippen LogP contribution in [0.3, 0.4) is 0 Å². The summed E-state index contributed by atoms with van der Waals surface area (Å²) in [5.41, 5.74) is 0.984. The van der Waals surface area contributed by atoms with Crippen LogP contribution in [0.5, 0.6) is 0 Å². The summed E-state index contributed by atoms with van der Waals surface area (Å²) in [7, 11) is 0. The van der Waals surface area contributed by atoms with Gasteiger partial charge in [-0.3, -0.25) is 9.36 Å². The molecule has 3 rings (SSSR count). The van der Waals surface area contributed by atoms with Gasteiger partial charge in [0.1, 0.15) is 5.82 Å². The first-order valence-corrected chi connectivity index (χ1v) is 8.00. The summed E-state index contributed by atoms with van der Waals surface area (Å²) in [4.78, 5) is 10.8. The minimum absolute atomic E-state index is 0.0111. The summed E-state index contributed by atoms with van der Waals surface area (Å²) >= 11 is 1.21. The number of hydrogen-bond acceptors (Lipinski definition) is 4. The number of carboxylic acid groups (broad SMARTS) is 1. The van der Waals surface area contributed by atoms with E-state index in [0.29, 0.717) is 17.0 Å². The zero-order chi connectivity index (χ0) is 14.8. The largest absolute Gasteiger partial charge is 0.481 e. The van der Waals surface area contributed by atoms with Crippen molar-refractivity contribution in [1.29, 1.82) is 0 Å². The van der Waals surface area contributed by atoms with E-state index in [9.17, 15) is 4.79 Å². The predicted molar refractivity (Wildman–Crippen MR) is 80.9 cm³/mol. The highest BCUT2D eigenvalue weighted by Gasteiger charge is 2.33. The van der Waals surface area contributed by atoms with Gasteiger partial charge in [-0.25, -0.2) is 0 Å². The molecule has 1 unspecified atom stereocenters. The Morgan fingerprint density at radius 3 is 2.71 bits per heavy atom. The third-order valence-electron chi connectivity index (χ3n) is 3.73. The van der Waals surface area contributed by atoms with Crippen molar-refractivity contribution in [3.05, 3.63) is 36.2 Å². The van der Waals surface area contributed by atoms with Gasteiger partial charge >= 0.3 is 5.97 Å². The van der Waals surface area contributed by atoms with Crippen LogP contribution in [0.25, 0.3) is 5.69 Å². The van der Waals surface area contributed by atoms with E-state index in [1.807, 2.05) is 34.9 Å². The highest BCUT2D eigenvalue weighted by Crippen LogP contribution is 2.42. The Morgan fingerprint density at radius 1 is 1.38 bits per heavy atom. The van der Waals surface area contributed by atoms with Gasteiger partial charge in [-0.15, -0.1) is 10.2 Å². The molecule has 0 aliphatic heterocycles. The molecular formula is C15H17N3O2S. The fourth-order valence-electron chi connectivity index (χ4n) is 2.42. The number of thioether (sulfide) groups is 1. The topological polar surface area (TPSA) is 68.0 Å². The first-order valence-electron chi connectivity index (χ1n) is 7.02. The normalized spacial score (nSPS) is 15.9. The molecule has 0 spiro atoms. The fraction of sp³-hybridized carbons (Fsp3) is 0.400. The number of hydrogen-bond donors (Lipinski definition) is 1. The SMILES string of the molecule is CC(c1nnc(SCC(=O)O)n1-c1ccccc1)C1CC1. The smallest absolute Gasteiger partial charge is 0.313 e. The molecule has 1 fully saturated rings. The number of aromatic nitrogens is 3. The van der Waals surface area contributed by atoms with E-state index in [2.05, 4.69) is 17.1 Å². The first-order chi connectivity index (χ1) is 10.2. The molecular weight excluding hydrogens is 286 g/mol. The van der Waals surface area contributed by atoms with Crippen molar-refractivity contribution in [2.24, 2.45) is 5.92 Å². The third-order valence-corrected chi connectivity index (χ3v) is 4.65. The standard InChI is InChI=1S/C15H17N3O2S/c1-10(11-7-8-11)14-16-17-15(21-9-13(19)20)18(14)12-5-3-2-4-6-12/h2-6,10-11H,7-9H2,1H3,(H,19,20). The third kappa shape index (κ3) is 3.10. The van der Waals surface area contributed by atoms with Gasteiger partial charge in [0.15, 0.2) is 5.16 Å². The van der Waals surface area contributed by atoms with Crippen LogP contribution < -0.4 is 0 Å². The maximum atomic E-state index is 10.8. The van der Waals surface area contributed by atoms with Gasteiger partial charge in [-0.05, 0) is 30.9 Å². The lowest BCUT2D eigenvalue weighted by Gasteiger charge is -2.14. The number of aliphatic carboxylic acids is 1. The maximum Gasteiger partial charge on any atom is 0.313 e. The number of benzene rings is 1. The van der Waals surface area contributed by atoms with Gasteiger partial charge in [-0.1, -0.05) is 36.9 Å². The molecule has 0 saturated heterocycles. The van der Waals surface area contributed by atoms with E-state index in [0.717, 1.165) is 11.5 Å². The molecule has 1 aliphatic rings. The second kappa shape index (κ2) is 5.89. The van der Waals surface area contributed by atoms with Crippen LogP contribution in [-0.2, 0) is 4.79 Å². The summed E-state index contributed by atoms with van der Waals surface area (Å²) in [5.74, 6) is 1.09. The van der Waals surface area contributed by atoms with Crippen LogP contribution in [0, 0.1) is 5.92 Å². The van der Waals surface area contributed by atoms with Crippen molar-refractivity contribution in [2.45, 2.75) is 30.8 Å². The Labute approximate surface area is 127 Å². The van der Waals surface area contributed by atoms with Crippen molar-refractivity contribution in [2.75, 3.05) is 5.75 Å². The summed E-state index contributed by atoms with van der Waals surface area (Å²) < 4.78 is 2.00. The molecule has 1 aromatic carbocycles. The lowest BCUT2D eigenvalue weighted by atomic mass is 10.1. The molecule has 1 N–H and O–H groups in total. The molecule has 0 radical (unpaired) electrons. The molecule has 1 aliphatic carbocycles. The van der Waals surface area contributed by atoms with Crippen molar-refractivity contribution >= 4 is 17.7 Å². The Bertz CT molecular complexity index is 638. The van der Waals surface area contributed by atoms with Gasteiger partial charge in [0.05, 0.1) is 5.75 Å². The van der Waals surface area contributed by atoms with E-state index in [1.54, 1.807) is 0 Å². The predicted octanol–water partition coefficient (Wildman–Crippen LogP) is 2.96. The maximum absolute atomic E-state index is 10.8. The van der Waals surface area contributed by atoms with Gasteiger partial charge in [0.25, 0.3) is 0 Å². The van der Waals surface area contributed by atoms with Crippen molar-refractivity contribution < 1.29 is 9.90 Å². The van der Waals surface area contributed by atoms with Gasteiger partial charge in [-0.2, -0.15) is 0 Å². The molecule has 21 heavy (non-hydrogen) atoms. The van der Waals surface area contributed by atoms with Crippen molar-refractivity contribution in [1.82, 2.24) is 14.8 Å². The second-order valence-electron chi connectivity index (χ2n) is 5.32. The number of carbonyl (C=O) groups is 1. The quantitative estimate of drug-likeness (QED) is 0.831. The van der Waals surface area contributed by atoms with Crippen LogP contribution >= 0.6 is 11.8 Å². The van der Waals surface area contributed by atoms with Crippen LogP contribution in [0.15, 0.2) is 35.5 Å². The lowest BCUT2D eigenvalue weighted by Crippen LogP contribution is -2.08. The molecule has 1 heterocycles. The second-order valence-corrected chi connectivity index (χ2v) is 6.26. The van der Waals surface area contributed by atoms with Crippen LogP contribution in [-0.4, -0.2) is 31.6 Å². The Balaban J connectivity index is 1.98. The molecule has 110 valence electrons. The summed E-state index contributed by atoms with van der Waals surface area (Å²) in [6.45, 7) is 2.17. The van der Waals surface area contributed by atoms with E-state index >= 15 is 0 Å². The molecule has 2 aromatic rings. The van der Waals surface area contributed by atoms with E-state index < -0.39 is 5.97 Å². The van der Waals surface area contributed by atoms with Crippen molar-refractivity contribution in [3.8, 4) is 5.69 Å². The monoisotopic (exact) mass is 303 g/mol. The van der Waals surface area contributed by atoms with Crippen LogP contribution in [0.4, 0.5) is 0 Å². The van der Waals surface area contributed by atoms with Crippen LogP contribution in [0.2, 0.25) is 0 Å². The lowest BCUT2D eigenvalue weighted by molar-refractivity contribution is -0.133. The van der Waals surface area contributed by atoms with Gasteiger partial charge in [0.2, 0.25) is 0 Å². The van der Waals surface area contributed by atoms with Crippen LogP contribution in [0.1, 0.15) is 31.5 Å². The molecule has 6 heteroatoms. The number of nitrogens with zero attached hydrogens (tertiary/aromatic N) is 3. The van der Waals surface area contributed by atoms with Gasteiger partial charge in [0, 0.05) is 11.6 Å². The summed E-state index contributed by atoms with van der Waals surface area (Å²) in [6.07, 6.45) is 2.47.